The van der Waals surface area contributed by atoms with E-state index in [0.29, 0.717) is 42.6 Å². The Bertz CT molecular complexity index is 793. The number of hydrogen-bond acceptors (Lipinski definition) is 4. The molecule has 0 fully saturated rings. The number of carbonyl (C=O) groups excluding carboxylic acids is 1. The summed E-state index contributed by atoms with van der Waals surface area (Å²) in [6, 6.07) is 7.43. The molecule has 0 bridgehead atoms. The van der Waals surface area contributed by atoms with Gasteiger partial charge in [0.15, 0.2) is 11.5 Å². The first-order chi connectivity index (χ1) is 12.9. The summed E-state index contributed by atoms with van der Waals surface area (Å²) in [7, 11) is 0. The first-order valence-corrected chi connectivity index (χ1v) is 10.1. The lowest BCUT2D eigenvalue weighted by molar-refractivity contribution is 0.102. The molecular formula is C21H26INO4. The second kappa shape index (κ2) is 9.82. The van der Waals surface area contributed by atoms with Crippen molar-refractivity contribution in [3.05, 3.63) is 44.5 Å². The van der Waals surface area contributed by atoms with Crippen LogP contribution in [-0.4, -0.2) is 25.7 Å². The van der Waals surface area contributed by atoms with Crippen molar-refractivity contribution >= 4 is 34.2 Å². The zero-order valence-electron chi connectivity index (χ0n) is 16.4. The quantitative estimate of drug-likeness (QED) is 0.514. The molecule has 0 radical (unpaired) electrons. The highest BCUT2D eigenvalue weighted by Gasteiger charge is 2.19. The lowest BCUT2D eigenvalue weighted by Gasteiger charge is -2.17. The van der Waals surface area contributed by atoms with Gasteiger partial charge >= 0.3 is 0 Å². The van der Waals surface area contributed by atoms with Gasteiger partial charge in [-0.05, 0) is 92.6 Å². The molecule has 0 aromatic heterocycles. The van der Waals surface area contributed by atoms with Gasteiger partial charge < -0.3 is 19.5 Å². The first-order valence-electron chi connectivity index (χ1n) is 9.05. The van der Waals surface area contributed by atoms with Crippen LogP contribution in [0, 0.1) is 17.4 Å². The van der Waals surface area contributed by atoms with Gasteiger partial charge in [-0.15, -0.1) is 0 Å². The monoisotopic (exact) mass is 483 g/mol. The number of amides is 1. The van der Waals surface area contributed by atoms with E-state index in [1.165, 1.54) is 3.57 Å². The van der Waals surface area contributed by atoms with E-state index >= 15 is 0 Å². The van der Waals surface area contributed by atoms with E-state index in [0.717, 1.165) is 16.8 Å². The van der Waals surface area contributed by atoms with Crippen LogP contribution in [0.1, 0.15) is 42.3 Å². The average Bonchev–Trinajstić information content (AvgIpc) is 2.62. The lowest BCUT2D eigenvalue weighted by atomic mass is 10.1. The highest BCUT2D eigenvalue weighted by atomic mass is 127. The third-order valence-electron chi connectivity index (χ3n) is 3.93. The Balaban J connectivity index is 2.41. The van der Waals surface area contributed by atoms with Gasteiger partial charge in [0.2, 0.25) is 5.75 Å². The van der Waals surface area contributed by atoms with Crippen molar-refractivity contribution in [2.75, 3.05) is 25.1 Å². The predicted molar refractivity (Wildman–Crippen MR) is 117 cm³/mol. The highest BCUT2D eigenvalue weighted by molar-refractivity contribution is 14.1. The summed E-state index contributed by atoms with van der Waals surface area (Å²) in [5.41, 5.74) is 3.39. The maximum atomic E-state index is 12.9. The molecule has 2 rings (SSSR count). The van der Waals surface area contributed by atoms with Crippen LogP contribution in [-0.2, 0) is 0 Å². The van der Waals surface area contributed by atoms with E-state index in [1.54, 1.807) is 12.1 Å². The molecule has 27 heavy (non-hydrogen) atoms. The number of aryl methyl sites for hydroxylation is 2. The molecule has 1 N–H and O–H groups in total. The van der Waals surface area contributed by atoms with E-state index in [1.807, 2.05) is 40.7 Å². The molecule has 6 heteroatoms. The summed E-state index contributed by atoms with van der Waals surface area (Å²) < 4.78 is 18.2. The van der Waals surface area contributed by atoms with Gasteiger partial charge in [0.05, 0.1) is 19.8 Å². The Morgan fingerprint density at radius 3 is 1.96 bits per heavy atom. The Morgan fingerprint density at radius 2 is 1.44 bits per heavy atom. The Hall–Kier alpha value is -1.96. The van der Waals surface area contributed by atoms with Crippen LogP contribution in [0.2, 0.25) is 0 Å². The molecule has 0 saturated heterocycles. The van der Waals surface area contributed by atoms with Crippen molar-refractivity contribution in [1.29, 1.82) is 0 Å². The zero-order chi connectivity index (χ0) is 20.0. The maximum absolute atomic E-state index is 12.9. The highest BCUT2D eigenvalue weighted by Crippen LogP contribution is 2.39. The molecule has 0 aliphatic heterocycles. The summed E-state index contributed by atoms with van der Waals surface area (Å²) in [5.74, 6) is 1.32. The van der Waals surface area contributed by atoms with E-state index in [2.05, 4.69) is 34.0 Å². The fraction of sp³-hybridized carbons (Fsp3) is 0.381. The Labute approximate surface area is 174 Å². The number of hydrogen-bond donors (Lipinski definition) is 1. The number of carbonyl (C=O) groups is 1. The third kappa shape index (κ3) is 5.28. The van der Waals surface area contributed by atoms with Crippen molar-refractivity contribution in [3.8, 4) is 17.2 Å². The molecule has 5 nitrogen and oxygen atoms in total. The number of nitrogens with one attached hydrogen (secondary N) is 1. The summed E-state index contributed by atoms with van der Waals surface area (Å²) in [5, 5.41) is 2.99. The van der Waals surface area contributed by atoms with Gasteiger partial charge in [0.1, 0.15) is 0 Å². The molecule has 0 aliphatic rings. The van der Waals surface area contributed by atoms with E-state index in [9.17, 15) is 4.79 Å². The van der Waals surface area contributed by atoms with Crippen molar-refractivity contribution in [3.63, 3.8) is 0 Å². The van der Waals surface area contributed by atoms with Gasteiger partial charge in [-0.3, -0.25) is 4.79 Å². The van der Waals surface area contributed by atoms with Gasteiger partial charge in [0.25, 0.3) is 5.91 Å². The average molecular weight is 483 g/mol. The van der Waals surface area contributed by atoms with Gasteiger partial charge in [-0.25, -0.2) is 0 Å². The summed E-state index contributed by atoms with van der Waals surface area (Å²) in [4.78, 5) is 12.9. The molecular weight excluding hydrogens is 457 g/mol. The smallest absolute Gasteiger partial charge is 0.255 e. The molecule has 2 aromatic carbocycles. The molecule has 0 spiro atoms. The van der Waals surface area contributed by atoms with E-state index < -0.39 is 0 Å². The standard InChI is InChI=1S/C21H26INO4/c1-6-25-18-11-15(12-19(26-7-2)20(18)27-8-3)21(24)23-17-10-13(4)16(22)9-14(17)5/h9-12H,6-8H2,1-5H3,(H,23,24). The first kappa shape index (κ1) is 21.3. The number of anilines is 1. The Morgan fingerprint density at radius 1 is 0.889 bits per heavy atom. The number of ether oxygens (including phenoxy) is 3. The third-order valence-corrected chi connectivity index (χ3v) is 5.09. The predicted octanol–water partition coefficient (Wildman–Crippen LogP) is 5.36. The van der Waals surface area contributed by atoms with Crippen molar-refractivity contribution in [2.24, 2.45) is 0 Å². The topological polar surface area (TPSA) is 56.8 Å². The fourth-order valence-electron chi connectivity index (χ4n) is 2.63. The lowest BCUT2D eigenvalue weighted by Crippen LogP contribution is -2.14. The van der Waals surface area contributed by atoms with E-state index in [4.69, 9.17) is 14.2 Å². The Kier molecular flexibility index (Phi) is 7.77. The van der Waals surface area contributed by atoms with Crippen LogP contribution in [0.3, 0.4) is 0 Å². The molecule has 0 heterocycles. The maximum Gasteiger partial charge on any atom is 0.255 e. The van der Waals surface area contributed by atoms with Crippen molar-refractivity contribution in [2.45, 2.75) is 34.6 Å². The van der Waals surface area contributed by atoms with E-state index in [-0.39, 0.29) is 5.91 Å². The minimum atomic E-state index is -0.219. The number of benzene rings is 2. The van der Waals surface area contributed by atoms with Crippen LogP contribution >= 0.6 is 22.6 Å². The normalized spacial score (nSPS) is 10.4. The van der Waals surface area contributed by atoms with Crippen molar-refractivity contribution < 1.29 is 19.0 Å². The van der Waals surface area contributed by atoms with Crippen LogP contribution < -0.4 is 19.5 Å². The van der Waals surface area contributed by atoms with Gasteiger partial charge in [-0.1, -0.05) is 0 Å². The van der Waals surface area contributed by atoms with Crippen LogP contribution in [0.25, 0.3) is 0 Å². The SMILES string of the molecule is CCOc1cc(C(=O)Nc2cc(C)c(I)cc2C)cc(OCC)c1OCC. The second-order valence-electron chi connectivity index (χ2n) is 5.97. The summed E-state index contributed by atoms with van der Waals surface area (Å²) in [6.45, 7) is 11.1. The molecule has 0 saturated carbocycles. The molecule has 0 atom stereocenters. The largest absolute Gasteiger partial charge is 0.490 e. The molecule has 0 unspecified atom stereocenters. The number of halogens is 1. The van der Waals surface area contributed by atoms with Gasteiger partial charge in [0, 0.05) is 14.8 Å². The number of rotatable bonds is 8. The zero-order valence-corrected chi connectivity index (χ0v) is 18.6. The van der Waals surface area contributed by atoms with Gasteiger partial charge in [-0.2, -0.15) is 0 Å². The van der Waals surface area contributed by atoms with Crippen LogP contribution in [0.5, 0.6) is 17.2 Å². The van der Waals surface area contributed by atoms with Crippen molar-refractivity contribution in [1.82, 2.24) is 0 Å². The molecule has 0 aliphatic carbocycles. The summed E-state index contributed by atoms with van der Waals surface area (Å²) >= 11 is 2.29. The summed E-state index contributed by atoms with van der Waals surface area (Å²) in [6.07, 6.45) is 0. The minimum absolute atomic E-state index is 0.219. The fourth-order valence-corrected chi connectivity index (χ4v) is 3.25. The van der Waals surface area contributed by atoms with Crippen LogP contribution in [0.4, 0.5) is 5.69 Å². The molecule has 1 amide bonds. The second-order valence-corrected chi connectivity index (χ2v) is 7.13. The van der Waals surface area contributed by atoms with Crippen LogP contribution in [0.15, 0.2) is 24.3 Å². The molecule has 2 aromatic rings. The minimum Gasteiger partial charge on any atom is -0.490 e. The molecule has 146 valence electrons.